The van der Waals surface area contributed by atoms with Gasteiger partial charge in [-0.25, -0.2) is 0 Å². The highest BCUT2D eigenvalue weighted by atomic mass is 16.6. The molecule has 20 heavy (non-hydrogen) atoms. The molecule has 3 N–H and O–H groups in total. The van der Waals surface area contributed by atoms with Crippen LogP contribution in [0, 0.1) is 17.0 Å². The average Bonchev–Trinajstić information content (AvgIpc) is 2.46. The molecule has 2 rings (SSSR count). The second kappa shape index (κ2) is 6.03. The number of hydrazine groups is 1. The first-order valence-corrected chi connectivity index (χ1v) is 6.04. The minimum atomic E-state index is -0.447. The average molecular weight is 273 g/mol. The Bertz CT molecular complexity index is 629. The molecule has 0 heterocycles. The zero-order valence-electron chi connectivity index (χ0n) is 11.0. The summed E-state index contributed by atoms with van der Waals surface area (Å²) in [5, 5.41) is 10.8. The van der Waals surface area contributed by atoms with E-state index >= 15 is 0 Å². The van der Waals surface area contributed by atoms with Gasteiger partial charge in [0.15, 0.2) is 0 Å². The number of benzene rings is 2. The Morgan fingerprint density at radius 2 is 2.05 bits per heavy atom. The molecule has 2 aromatic carbocycles. The Labute approximate surface area is 116 Å². The van der Waals surface area contributed by atoms with Gasteiger partial charge in [0.25, 0.3) is 5.69 Å². The van der Waals surface area contributed by atoms with E-state index in [0.717, 1.165) is 11.3 Å². The Hall–Kier alpha value is -2.60. The van der Waals surface area contributed by atoms with Gasteiger partial charge in [-0.15, -0.1) is 0 Å². The van der Waals surface area contributed by atoms with Gasteiger partial charge in [0.1, 0.15) is 12.4 Å². The number of aryl methyl sites for hydroxylation is 1. The lowest BCUT2D eigenvalue weighted by molar-refractivity contribution is -0.384. The second-order valence-electron chi connectivity index (χ2n) is 4.30. The van der Waals surface area contributed by atoms with E-state index in [2.05, 4.69) is 5.43 Å². The monoisotopic (exact) mass is 273 g/mol. The van der Waals surface area contributed by atoms with Gasteiger partial charge in [-0.1, -0.05) is 18.2 Å². The minimum absolute atomic E-state index is 0.00684. The van der Waals surface area contributed by atoms with Crippen molar-refractivity contribution in [3.05, 3.63) is 63.7 Å². The molecule has 0 radical (unpaired) electrons. The number of rotatable bonds is 5. The first-order valence-electron chi connectivity index (χ1n) is 6.04. The zero-order valence-corrected chi connectivity index (χ0v) is 11.0. The van der Waals surface area contributed by atoms with E-state index in [0.29, 0.717) is 11.3 Å². The number of nitrogens with one attached hydrogen (secondary N) is 1. The van der Waals surface area contributed by atoms with Crippen LogP contribution in [0.15, 0.2) is 42.5 Å². The molecule has 6 heteroatoms. The van der Waals surface area contributed by atoms with Crippen LogP contribution in [0.4, 0.5) is 11.4 Å². The highest BCUT2D eigenvalue weighted by Crippen LogP contribution is 2.24. The molecular weight excluding hydrogens is 258 g/mol. The van der Waals surface area contributed by atoms with E-state index in [1.165, 1.54) is 12.1 Å². The highest BCUT2D eigenvalue weighted by Gasteiger charge is 2.11. The van der Waals surface area contributed by atoms with Crippen LogP contribution < -0.4 is 16.0 Å². The molecule has 0 fully saturated rings. The Balaban J connectivity index is 2.22. The fourth-order valence-electron chi connectivity index (χ4n) is 1.83. The Morgan fingerprint density at radius 3 is 2.70 bits per heavy atom. The van der Waals surface area contributed by atoms with Crippen molar-refractivity contribution in [3.63, 3.8) is 0 Å². The van der Waals surface area contributed by atoms with Crippen molar-refractivity contribution in [3.8, 4) is 5.75 Å². The molecule has 0 amide bonds. The molecule has 0 bridgehead atoms. The maximum atomic E-state index is 10.8. The molecule has 2 aromatic rings. The van der Waals surface area contributed by atoms with E-state index in [1.54, 1.807) is 6.07 Å². The van der Waals surface area contributed by atoms with Gasteiger partial charge in [0, 0.05) is 17.7 Å². The molecule has 0 aromatic heterocycles. The van der Waals surface area contributed by atoms with Crippen LogP contribution in [0.3, 0.4) is 0 Å². The van der Waals surface area contributed by atoms with Crippen LogP contribution in [-0.4, -0.2) is 4.92 Å². The van der Waals surface area contributed by atoms with E-state index in [1.807, 2.05) is 31.2 Å². The predicted octanol–water partition coefficient (Wildman–Crippen LogP) is 2.77. The summed E-state index contributed by atoms with van der Waals surface area (Å²) in [6, 6.07) is 12.0. The summed E-state index contributed by atoms with van der Waals surface area (Å²) >= 11 is 0. The van der Waals surface area contributed by atoms with Crippen molar-refractivity contribution in [2.75, 3.05) is 5.43 Å². The third kappa shape index (κ3) is 3.04. The van der Waals surface area contributed by atoms with Gasteiger partial charge in [-0.05, 0) is 24.6 Å². The van der Waals surface area contributed by atoms with E-state index in [4.69, 9.17) is 10.6 Å². The van der Waals surface area contributed by atoms with E-state index in [-0.39, 0.29) is 12.3 Å². The van der Waals surface area contributed by atoms with Crippen molar-refractivity contribution in [1.82, 2.24) is 0 Å². The summed E-state index contributed by atoms with van der Waals surface area (Å²) in [7, 11) is 0. The van der Waals surface area contributed by atoms with Gasteiger partial charge < -0.3 is 10.2 Å². The van der Waals surface area contributed by atoms with Crippen LogP contribution in [-0.2, 0) is 6.61 Å². The molecule has 6 nitrogen and oxygen atoms in total. The third-order valence-corrected chi connectivity index (χ3v) is 2.93. The van der Waals surface area contributed by atoms with Gasteiger partial charge in [-0.3, -0.25) is 16.0 Å². The van der Waals surface area contributed by atoms with Crippen molar-refractivity contribution >= 4 is 11.4 Å². The number of nitrogens with zero attached hydrogens (tertiary/aromatic N) is 1. The lowest BCUT2D eigenvalue weighted by Crippen LogP contribution is -2.11. The summed E-state index contributed by atoms with van der Waals surface area (Å²) in [5.74, 6) is 6.14. The molecular formula is C14H15N3O3. The van der Waals surface area contributed by atoms with Gasteiger partial charge in [0.2, 0.25) is 0 Å². The summed E-state index contributed by atoms with van der Waals surface area (Å²) in [4.78, 5) is 10.3. The quantitative estimate of drug-likeness (QED) is 0.496. The van der Waals surface area contributed by atoms with Crippen LogP contribution in [0.1, 0.15) is 11.1 Å². The number of nitrogen functional groups attached to an aromatic ring is 1. The predicted molar refractivity (Wildman–Crippen MR) is 76.4 cm³/mol. The largest absolute Gasteiger partial charge is 0.489 e. The second-order valence-corrected chi connectivity index (χ2v) is 4.30. The van der Waals surface area contributed by atoms with E-state index in [9.17, 15) is 10.1 Å². The number of ether oxygens (including phenoxy) is 1. The van der Waals surface area contributed by atoms with Crippen molar-refractivity contribution in [1.29, 1.82) is 0 Å². The van der Waals surface area contributed by atoms with Gasteiger partial charge in [0.05, 0.1) is 10.6 Å². The number of hydrogen-bond acceptors (Lipinski definition) is 5. The number of non-ortho nitro benzene ring substituents is 1. The first kappa shape index (κ1) is 13.8. The normalized spacial score (nSPS) is 10.1. The number of anilines is 1. The van der Waals surface area contributed by atoms with E-state index < -0.39 is 4.92 Å². The van der Waals surface area contributed by atoms with Crippen LogP contribution >= 0.6 is 0 Å². The minimum Gasteiger partial charge on any atom is -0.489 e. The Morgan fingerprint density at radius 1 is 1.30 bits per heavy atom. The van der Waals surface area contributed by atoms with Crippen LogP contribution in [0.2, 0.25) is 0 Å². The highest BCUT2D eigenvalue weighted by molar-refractivity contribution is 5.55. The number of para-hydroxylation sites is 1. The molecule has 0 spiro atoms. The lowest BCUT2D eigenvalue weighted by atomic mass is 10.1. The Kier molecular flexibility index (Phi) is 4.17. The molecule has 0 saturated heterocycles. The smallest absolute Gasteiger partial charge is 0.269 e. The fourth-order valence-corrected chi connectivity index (χ4v) is 1.83. The topological polar surface area (TPSA) is 90.4 Å². The molecule has 0 unspecified atom stereocenters. The molecule has 0 aliphatic rings. The van der Waals surface area contributed by atoms with Crippen molar-refractivity contribution in [2.24, 2.45) is 5.84 Å². The van der Waals surface area contributed by atoms with Crippen LogP contribution in [0.5, 0.6) is 5.75 Å². The molecule has 0 aliphatic heterocycles. The maximum Gasteiger partial charge on any atom is 0.269 e. The maximum absolute atomic E-state index is 10.8. The summed E-state index contributed by atoms with van der Waals surface area (Å²) in [6.45, 7) is 2.14. The number of nitro benzene ring substituents is 1. The van der Waals surface area contributed by atoms with Crippen molar-refractivity contribution < 1.29 is 9.66 Å². The zero-order chi connectivity index (χ0) is 14.5. The summed E-state index contributed by atoms with van der Waals surface area (Å²) < 4.78 is 5.68. The number of nitrogens with two attached hydrogens (primary N) is 1. The van der Waals surface area contributed by atoms with Gasteiger partial charge in [-0.2, -0.15) is 0 Å². The number of nitro groups is 1. The van der Waals surface area contributed by atoms with Crippen molar-refractivity contribution in [2.45, 2.75) is 13.5 Å². The fraction of sp³-hybridized carbons (Fsp3) is 0.143. The van der Waals surface area contributed by atoms with Crippen LogP contribution in [0.25, 0.3) is 0 Å². The lowest BCUT2D eigenvalue weighted by Gasteiger charge is -2.12. The molecule has 0 saturated carbocycles. The first-order chi connectivity index (χ1) is 9.61. The molecule has 104 valence electrons. The third-order valence-electron chi connectivity index (χ3n) is 2.93. The molecule has 0 atom stereocenters. The SMILES string of the molecule is Cc1ccccc1OCc1cc([N+](=O)[O-])ccc1NN. The number of hydrogen-bond donors (Lipinski definition) is 2. The summed E-state index contributed by atoms with van der Waals surface area (Å²) in [6.07, 6.45) is 0. The summed E-state index contributed by atoms with van der Waals surface area (Å²) in [5.41, 5.74) is 4.75. The molecule has 0 aliphatic carbocycles. The standard InChI is InChI=1S/C14H15N3O3/c1-10-4-2-3-5-14(10)20-9-11-8-12(17(18)19)6-7-13(11)16-15/h2-8,16H,9,15H2,1H3. The van der Waals surface area contributed by atoms with Gasteiger partial charge >= 0.3 is 0 Å².